The largest absolute Gasteiger partial charge is 0.463 e. The van der Waals surface area contributed by atoms with Gasteiger partial charge in [-0.2, -0.15) is 0 Å². The molecule has 2 aliphatic rings. The Morgan fingerprint density at radius 3 is 1.80 bits per heavy atom. The highest BCUT2D eigenvalue weighted by atomic mass is 16.7. The van der Waals surface area contributed by atoms with E-state index in [0.717, 1.165) is 0 Å². The second-order valence-corrected chi connectivity index (χ2v) is 11.8. The molecule has 0 aromatic heterocycles. The van der Waals surface area contributed by atoms with E-state index in [1.807, 2.05) is 13.8 Å². The lowest BCUT2D eigenvalue weighted by atomic mass is 9.91. The van der Waals surface area contributed by atoms with Crippen LogP contribution < -0.4 is 0 Å². The SMILES string of the molecule is CC(=O)OC[C@H]1O[C@@H](CCCC[C@H]2COC(C)(C)N2C(=O)OC(C)(C)C)[C@H](OC(C)=O)[C@@H](OC(C)=O)[C@@H]1OC(C)=O. The Hall–Kier alpha value is -2.93. The molecule has 0 bridgehead atoms. The minimum atomic E-state index is -1.19. The maximum Gasteiger partial charge on any atom is 0.412 e. The summed E-state index contributed by atoms with van der Waals surface area (Å²) in [4.78, 5) is 62.0. The van der Waals surface area contributed by atoms with Gasteiger partial charge in [-0.15, -0.1) is 0 Å². The normalized spacial score (nSPS) is 27.5. The molecule has 2 saturated heterocycles. The first-order valence-electron chi connectivity index (χ1n) is 13.9. The predicted molar refractivity (Wildman–Crippen MR) is 142 cm³/mol. The van der Waals surface area contributed by atoms with Crippen molar-refractivity contribution in [1.82, 2.24) is 4.90 Å². The summed E-state index contributed by atoms with van der Waals surface area (Å²) in [6.45, 7) is 13.9. The van der Waals surface area contributed by atoms with Crippen LogP contribution >= 0.6 is 0 Å². The van der Waals surface area contributed by atoms with Crippen LogP contribution in [0.1, 0.15) is 88.0 Å². The Morgan fingerprint density at radius 1 is 0.780 bits per heavy atom. The van der Waals surface area contributed by atoms with E-state index in [9.17, 15) is 24.0 Å². The summed E-state index contributed by atoms with van der Waals surface area (Å²) in [5.41, 5.74) is -1.48. The minimum absolute atomic E-state index is 0.213. The molecule has 6 atom stereocenters. The van der Waals surface area contributed by atoms with Crippen LogP contribution in [0.5, 0.6) is 0 Å². The van der Waals surface area contributed by atoms with Crippen LogP contribution in [0.4, 0.5) is 4.79 Å². The molecule has 0 aromatic rings. The molecule has 0 radical (unpaired) electrons. The van der Waals surface area contributed by atoms with Gasteiger partial charge >= 0.3 is 30.0 Å². The molecular weight excluding hydrogens is 542 g/mol. The van der Waals surface area contributed by atoms with Crippen molar-refractivity contribution in [3.8, 4) is 0 Å². The van der Waals surface area contributed by atoms with Crippen molar-refractivity contribution < 1.29 is 57.1 Å². The number of hydrogen-bond donors (Lipinski definition) is 0. The van der Waals surface area contributed by atoms with E-state index in [-0.39, 0.29) is 12.6 Å². The molecule has 13 nitrogen and oxygen atoms in total. The monoisotopic (exact) mass is 587 g/mol. The lowest BCUT2D eigenvalue weighted by molar-refractivity contribution is -0.253. The lowest BCUT2D eigenvalue weighted by Crippen LogP contribution is -2.62. The van der Waals surface area contributed by atoms with Crippen LogP contribution in [-0.2, 0) is 52.3 Å². The van der Waals surface area contributed by atoms with Gasteiger partial charge in [0.15, 0.2) is 18.3 Å². The summed E-state index contributed by atoms with van der Waals surface area (Å²) in [6, 6.07) is -0.213. The first-order valence-corrected chi connectivity index (χ1v) is 13.9. The van der Waals surface area contributed by atoms with Crippen LogP contribution in [0.25, 0.3) is 0 Å². The molecule has 0 spiro atoms. The molecule has 2 aliphatic heterocycles. The van der Waals surface area contributed by atoms with E-state index in [0.29, 0.717) is 32.3 Å². The van der Waals surface area contributed by atoms with E-state index in [1.165, 1.54) is 27.7 Å². The molecule has 0 unspecified atom stereocenters. The molecule has 2 heterocycles. The van der Waals surface area contributed by atoms with Crippen LogP contribution in [-0.4, -0.2) is 96.0 Å². The fourth-order valence-corrected chi connectivity index (χ4v) is 5.05. The van der Waals surface area contributed by atoms with Crippen molar-refractivity contribution in [2.24, 2.45) is 0 Å². The highest BCUT2D eigenvalue weighted by Crippen LogP contribution is 2.34. The van der Waals surface area contributed by atoms with Gasteiger partial charge in [0.05, 0.1) is 18.8 Å². The van der Waals surface area contributed by atoms with Crippen LogP contribution in [0, 0.1) is 0 Å². The van der Waals surface area contributed by atoms with Gasteiger partial charge in [-0.1, -0.05) is 12.8 Å². The van der Waals surface area contributed by atoms with E-state index < -0.39 is 71.8 Å². The first kappa shape index (κ1) is 34.3. The molecule has 0 N–H and O–H groups in total. The number of carbonyl (C=O) groups excluding carboxylic acids is 5. The molecule has 0 saturated carbocycles. The summed E-state index contributed by atoms with van der Waals surface area (Å²) in [6.07, 6.45) is -3.46. The van der Waals surface area contributed by atoms with Crippen molar-refractivity contribution in [3.63, 3.8) is 0 Å². The average Bonchev–Trinajstić information content (AvgIpc) is 3.10. The van der Waals surface area contributed by atoms with Gasteiger partial charge < -0.3 is 33.2 Å². The standard InChI is InChI=1S/C28H45NO12/c1-16(30)35-15-22-24(38-18(3)32)25(39-19(4)33)23(37-17(2)31)21(40-22)13-11-10-12-20-14-36-28(8,9)29(20)26(34)41-27(5,6)7/h20-25H,10-15H2,1-9H3/t20-,21-,22+,23-,24+,25+/m0/s1. The zero-order valence-corrected chi connectivity index (χ0v) is 25.6. The Balaban J connectivity index is 2.19. The highest BCUT2D eigenvalue weighted by molar-refractivity contribution is 5.70. The van der Waals surface area contributed by atoms with E-state index in [4.69, 9.17) is 33.2 Å². The number of esters is 4. The van der Waals surface area contributed by atoms with Gasteiger partial charge in [0, 0.05) is 27.7 Å². The number of ether oxygens (including phenoxy) is 7. The van der Waals surface area contributed by atoms with Crippen molar-refractivity contribution in [2.45, 2.75) is 136 Å². The van der Waals surface area contributed by atoms with E-state index in [2.05, 4.69) is 0 Å². The van der Waals surface area contributed by atoms with Crippen molar-refractivity contribution in [1.29, 1.82) is 0 Å². The summed E-state index contributed by atoms with van der Waals surface area (Å²) < 4.78 is 39.2. The third kappa shape index (κ3) is 10.4. The number of rotatable bonds is 10. The number of hydrogen-bond acceptors (Lipinski definition) is 12. The zero-order valence-electron chi connectivity index (χ0n) is 25.6. The third-order valence-corrected chi connectivity index (χ3v) is 6.53. The molecule has 0 aromatic carbocycles. The maximum atomic E-state index is 12.9. The molecule has 2 fully saturated rings. The molecule has 0 aliphatic carbocycles. The van der Waals surface area contributed by atoms with E-state index >= 15 is 0 Å². The Kier molecular flexibility index (Phi) is 12.0. The average molecular weight is 588 g/mol. The van der Waals surface area contributed by atoms with Gasteiger partial charge in [0.25, 0.3) is 0 Å². The minimum Gasteiger partial charge on any atom is -0.463 e. The summed E-state index contributed by atoms with van der Waals surface area (Å²) >= 11 is 0. The van der Waals surface area contributed by atoms with Gasteiger partial charge in [0.1, 0.15) is 24.0 Å². The summed E-state index contributed by atoms with van der Waals surface area (Å²) in [5, 5.41) is 0. The molecule has 234 valence electrons. The fraction of sp³-hybridized carbons (Fsp3) is 0.821. The van der Waals surface area contributed by atoms with Crippen molar-refractivity contribution in [2.75, 3.05) is 13.2 Å². The highest BCUT2D eigenvalue weighted by Gasteiger charge is 2.52. The lowest BCUT2D eigenvalue weighted by Gasteiger charge is -2.44. The third-order valence-electron chi connectivity index (χ3n) is 6.53. The Labute approximate surface area is 241 Å². The number of amides is 1. The summed E-state index contributed by atoms with van der Waals surface area (Å²) in [5.74, 6) is -2.57. The van der Waals surface area contributed by atoms with Crippen molar-refractivity contribution >= 4 is 30.0 Å². The Bertz CT molecular complexity index is 958. The van der Waals surface area contributed by atoms with Crippen molar-refractivity contribution in [3.05, 3.63) is 0 Å². The van der Waals surface area contributed by atoms with Crippen LogP contribution in [0.15, 0.2) is 0 Å². The summed E-state index contributed by atoms with van der Waals surface area (Å²) in [7, 11) is 0. The van der Waals surface area contributed by atoms with Gasteiger partial charge in [-0.25, -0.2) is 4.79 Å². The molecule has 1 amide bonds. The number of carbonyl (C=O) groups is 5. The quantitative estimate of drug-likeness (QED) is 0.210. The smallest absolute Gasteiger partial charge is 0.412 e. The molecular formula is C28H45NO12. The fourth-order valence-electron chi connectivity index (χ4n) is 5.05. The molecule has 2 rings (SSSR count). The van der Waals surface area contributed by atoms with Gasteiger partial charge in [-0.3, -0.25) is 24.1 Å². The second kappa shape index (κ2) is 14.3. The first-order chi connectivity index (χ1) is 18.9. The predicted octanol–water partition coefficient (Wildman–Crippen LogP) is 3.04. The van der Waals surface area contributed by atoms with E-state index in [1.54, 1.807) is 25.7 Å². The molecule has 41 heavy (non-hydrogen) atoms. The van der Waals surface area contributed by atoms with Gasteiger partial charge in [-0.05, 0) is 47.5 Å². The van der Waals surface area contributed by atoms with Crippen LogP contribution in [0.3, 0.4) is 0 Å². The van der Waals surface area contributed by atoms with Gasteiger partial charge in [0.2, 0.25) is 0 Å². The van der Waals surface area contributed by atoms with Crippen LogP contribution in [0.2, 0.25) is 0 Å². The number of nitrogens with zero attached hydrogens (tertiary/aromatic N) is 1. The Morgan fingerprint density at radius 2 is 1.29 bits per heavy atom. The topological polar surface area (TPSA) is 153 Å². The maximum absolute atomic E-state index is 12.9. The number of unbranched alkanes of at least 4 members (excludes halogenated alkanes) is 1. The zero-order chi connectivity index (χ0) is 31.1. The molecule has 13 heteroatoms. The second-order valence-electron chi connectivity index (χ2n) is 11.8.